The molecule has 0 aliphatic rings. The molecule has 2 nitrogen and oxygen atoms in total. The van der Waals surface area contributed by atoms with E-state index < -0.39 is 0 Å². The summed E-state index contributed by atoms with van der Waals surface area (Å²) in [5.74, 6) is 0.552. The van der Waals surface area contributed by atoms with E-state index in [4.69, 9.17) is 0 Å². The van der Waals surface area contributed by atoms with Gasteiger partial charge in [-0.05, 0) is 30.3 Å². The largest absolute Gasteiger partial charge is 0.344 e. The van der Waals surface area contributed by atoms with Gasteiger partial charge in [0.1, 0.15) is 11.6 Å². The van der Waals surface area contributed by atoms with Crippen molar-refractivity contribution in [1.82, 2.24) is 9.97 Å². The smallest absolute Gasteiger partial charge is 0.138 e. The number of nitrogens with one attached hydrogen (secondary N) is 1. The molecular weight excluding hydrogens is 227 g/mol. The Balaban J connectivity index is 1.97. The molecule has 3 heteroatoms. The summed E-state index contributed by atoms with van der Waals surface area (Å²) in [5, 5.41) is 0. The van der Waals surface area contributed by atoms with Crippen molar-refractivity contribution in [3.8, 4) is 22.6 Å². The van der Waals surface area contributed by atoms with E-state index >= 15 is 0 Å². The van der Waals surface area contributed by atoms with E-state index in [9.17, 15) is 4.39 Å². The van der Waals surface area contributed by atoms with E-state index in [0.29, 0.717) is 0 Å². The molecular formula is C15H10FN2. The summed E-state index contributed by atoms with van der Waals surface area (Å²) in [5.41, 5.74) is 2.70. The van der Waals surface area contributed by atoms with Crippen LogP contribution in [0.5, 0.6) is 0 Å². The van der Waals surface area contributed by atoms with Gasteiger partial charge in [0.05, 0.1) is 5.69 Å². The Kier molecular flexibility index (Phi) is 2.65. The Hall–Kier alpha value is -2.42. The minimum absolute atomic E-state index is 0.242. The second-order valence-electron chi connectivity index (χ2n) is 3.93. The molecule has 0 spiro atoms. The lowest BCUT2D eigenvalue weighted by molar-refractivity contribution is 0.628. The van der Waals surface area contributed by atoms with Gasteiger partial charge in [0.2, 0.25) is 0 Å². The number of benzene rings is 2. The molecule has 0 fully saturated rings. The van der Waals surface area contributed by atoms with Crippen molar-refractivity contribution in [3.63, 3.8) is 0 Å². The van der Waals surface area contributed by atoms with Gasteiger partial charge in [0, 0.05) is 17.3 Å². The first-order valence-electron chi connectivity index (χ1n) is 5.61. The second kappa shape index (κ2) is 4.45. The van der Waals surface area contributed by atoms with Gasteiger partial charge in [-0.1, -0.05) is 24.3 Å². The predicted octanol–water partition coefficient (Wildman–Crippen LogP) is 3.68. The molecule has 0 unspecified atom stereocenters. The average molecular weight is 237 g/mol. The molecule has 0 bridgehead atoms. The average Bonchev–Trinajstić information content (AvgIpc) is 2.90. The Labute approximate surface area is 104 Å². The maximum atomic E-state index is 12.8. The van der Waals surface area contributed by atoms with Crippen LogP contribution in [0.2, 0.25) is 0 Å². The quantitative estimate of drug-likeness (QED) is 0.723. The molecule has 1 aromatic heterocycles. The number of halogens is 1. The summed E-state index contributed by atoms with van der Waals surface area (Å²) < 4.78 is 12.8. The van der Waals surface area contributed by atoms with Crippen molar-refractivity contribution >= 4 is 0 Å². The summed E-state index contributed by atoms with van der Waals surface area (Å²) in [6, 6.07) is 16.8. The second-order valence-corrected chi connectivity index (χ2v) is 3.93. The van der Waals surface area contributed by atoms with Crippen LogP contribution in [0.15, 0.2) is 54.7 Å². The highest BCUT2D eigenvalue weighted by atomic mass is 19.1. The minimum atomic E-state index is -0.242. The molecule has 0 atom stereocenters. The van der Waals surface area contributed by atoms with Gasteiger partial charge in [-0.25, -0.2) is 9.37 Å². The first kappa shape index (κ1) is 10.7. The van der Waals surface area contributed by atoms with Gasteiger partial charge in [-0.2, -0.15) is 0 Å². The van der Waals surface area contributed by atoms with Gasteiger partial charge >= 0.3 is 0 Å². The summed E-state index contributed by atoms with van der Waals surface area (Å²) >= 11 is 0. The Morgan fingerprint density at radius 1 is 0.944 bits per heavy atom. The van der Waals surface area contributed by atoms with Crippen molar-refractivity contribution in [1.29, 1.82) is 0 Å². The fourth-order valence-electron chi connectivity index (χ4n) is 1.78. The van der Waals surface area contributed by atoms with Crippen molar-refractivity contribution in [3.05, 3.63) is 66.6 Å². The molecule has 2 aromatic carbocycles. The molecule has 0 amide bonds. The monoisotopic (exact) mass is 237 g/mol. The highest BCUT2D eigenvalue weighted by molar-refractivity contribution is 5.64. The summed E-state index contributed by atoms with van der Waals surface area (Å²) in [4.78, 5) is 7.60. The number of aromatic amines is 1. The fraction of sp³-hybridized carbons (Fsp3) is 0. The van der Waals surface area contributed by atoms with E-state index in [-0.39, 0.29) is 5.82 Å². The number of H-pyrrole nitrogens is 1. The number of nitrogens with zero attached hydrogens (tertiary/aromatic N) is 1. The van der Waals surface area contributed by atoms with Crippen molar-refractivity contribution in [2.45, 2.75) is 0 Å². The summed E-state index contributed by atoms with van der Waals surface area (Å²) in [7, 11) is 0. The number of hydrogen-bond donors (Lipinski definition) is 1. The molecule has 0 aliphatic carbocycles. The topological polar surface area (TPSA) is 28.7 Å². The maximum absolute atomic E-state index is 12.8. The van der Waals surface area contributed by atoms with Crippen LogP contribution in [0.4, 0.5) is 4.39 Å². The van der Waals surface area contributed by atoms with Crippen LogP contribution < -0.4 is 0 Å². The molecule has 0 saturated carbocycles. The molecule has 3 aromatic rings. The van der Waals surface area contributed by atoms with Gasteiger partial charge in [-0.3, -0.25) is 0 Å². The number of hydrogen-bond acceptors (Lipinski definition) is 1. The lowest BCUT2D eigenvalue weighted by Crippen LogP contribution is -1.81. The third-order valence-corrected chi connectivity index (χ3v) is 2.71. The first-order chi connectivity index (χ1) is 8.83. The van der Waals surface area contributed by atoms with Crippen molar-refractivity contribution in [2.24, 2.45) is 0 Å². The van der Waals surface area contributed by atoms with Crippen LogP contribution in [-0.2, 0) is 0 Å². The minimum Gasteiger partial charge on any atom is -0.344 e. The summed E-state index contributed by atoms with van der Waals surface area (Å²) in [6.45, 7) is 0. The third-order valence-electron chi connectivity index (χ3n) is 2.71. The van der Waals surface area contributed by atoms with E-state index in [1.54, 1.807) is 12.1 Å². The number of imidazole rings is 1. The van der Waals surface area contributed by atoms with Gasteiger partial charge in [-0.15, -0.1) is 0 Å². The van der Waals surface area contributed by atoms with E-state index in [0.717, 1.165) is 22.6 Å². The molecule has 1 radical (unpaired) electrons. The standard InChI is InChI=1S/C15H10FN2/c16-13-8-6-11(7-9-13)14-10-17-15(18-14)12-4-2-1-3-5-12/h2-10H,(H,17,18). The Morgan fingerprint density at radius 3 is 2.39 bits per heavy atom. The maximum Gasteiger partial charge on any atom is 0.138 e. The van der Waals surface area contributed by atoms with Crippen LogP contribution in [0, 0.1) is 11.9 Å². The fourth-order valence-corrected chi connectivity index (χ4v) is 1.78. The van der Waals surface area contributed by atoms with Crippen LogP contribution in [0.25, 0.3) is 22.6 Å². The molecule has 1 heterocycles. The van der Waals surface area contributed by atoms with Crippen LogP contribution in [0.3, 0.4) is 0 Å². The number of rotatable bonds is 2. The van der Waals surface area contributed by atoms with Crippen LogP contribution >= 0.6 is 0 Å². The van der Waals surface area contributed by atoms with Gasteiger partial charge < -0.3 is 4.98 Å². The Morgan fingerprint density at radius 2 is 1.67 bits per heavy atom. The molecule has 87 valence electrons. The highest BCUT2D eigenvalue weighted by Gasteiger charge is 2.05. The molecule has 18 heavy (non-hydrogen) atoms. The van der Waals surface area contributed by atoms with Crippen LogP contribution in [0.1, 0.15) is 0 Å². The lowest BCUT2D eigenvalue weighted by Gasteiger charge is -1.96. The zero-order valence-corrected chi connectivity index (χ0v) is 9.52. The normalized spacial score (nSPS) is 10.5. The zero-order chi connectivity index (χ0) is 12.4. The highest BCUT2D eigenvalue weighted by Crippen LogP contribution is 2.21. The molecule has 0 saturated heterocycles. The third kappa shape index (κ3) is 2.02. The lowest BCUT2D eigenvalue weighted by atomic mass is 10.2. The SMILES string of the molecule is Fc1ccc(-c2c[nH]c(-c3cc[c]cc3)n2)cc1. The number of aromatic nitrogens is 2. The molecule has 3 rings (SSSR count). The summed E-state index contributed by atoms with van der Waals surface area (Å²) in [6.07, 6.45) is 1.82. The van der Waals surface area contributed by atoms with E-state index in [2.05, 4.69) is 16.0 Å². The van der Waals surface area contributed by atoms with E-state index in [1.165, 1.54) is 12.1 Å². The van der Waals surface area contributed by atoms with Crippen molar-refractivity contribution < 1.29 is 4.39 Å². The van der Waals surface area contributed by atoms with Gasteiger partial charge in [0.15, 0.2) is 0 Å². The van der Waals surface area contributed by atoms with Crippen LogP contribution in [-0.4, -0.2) is 9.97 Å². The molecule has 1 N–H and O–H groups in total. The predicted molar refractivity (Wildman–Crippen MR) is 68.3 cm³/mol. The zero-order valence-electron chi connectivity index (χ0n) is 9.52. The Bertz CT molecular complexity index is 642. The van der Waals surface area contributed by atoms with E-state index in [1.807, 2.05) is 30.5 Å². The molecule has 0 aliphatic heterocycles. The first-order valence-corrected chi connectivity index (χ1v) is 5.61. The van der Waals surface area contributed by atoms with Crippen molar-refractivity contribution in [2.75, 3.05) is 0 Å². The van der Waals surface area contributed by atoms with Gasteiger partial charge in [0.25, 0.3) is 0 Å².